The Bertz CT molecular complexity index is 645. The molecule has 108 valence electrons. The topological polar surface area (TPSA) is 44.9 Å². The van der Waals surface area contributed by atoms with Crippen molar-refractivity contribution < 1.29 is 4.79 Å². The molecule has 0 spiro atoms. The Kier molecular flexibility index (Phi) is 3.63. The Labute approximate surface area is 120 Å². The normalized spacial score (nSPS) is 12.2. The summed E-state index contributed by atoms with van der Waals surface area (Å²) < 4.78 is 0. The fourth-order valence-electron chi connectivity index (χ4n) is 2.47. The van der Waals surface area contributed by atoms with E-state index in [1.807, 2.05) is 6.20 Å². The number of hydrogen-bond acceptors (Lipinski definition) is 1. The largest absolute Gasteiger partial charge is 0.360 e. The molecule has 0 saturated heterocycles. The van der Waals surface area contributed by atoms with Crippen LogP contribution in [0.2, 0.25) is 0 Å². The lowest BCUT2D eigenvalue weighted by molar-refractivity contribution is 0.0965. The highest BCUT2D eigenvalue weighted by molar-refractivity contribution is 6.07. The van der Waals surface area contributed by atoms with E-state index < -0.39 is 0 Å². The molecule has 1 amide bonds. The molecule has 0 aliphatic heterocycles. The molecular weight excluding hydrogens is 248 g/mol. The first-order valence-corrected chi connectivity index (χ1v) is 7.13. The van der Waals surface area contributed by atoms with Gasteiger partial charge in [0.15, 0.2) is 0 Å². The summed E-state index contributed by atoms with van der Waals surface area (Å²) in [6, 6.07) is 4.40. The van der Waals surface area contributed by atoms with Crippen molar-refractivity contribution in [3.63, 3.8) is 0 Å². The summed E-state index contributed by atoms with van der Waals surface area (Å²) in [4.78, 5) is 15.3. The number of nitrogens with one attached hydrogen (secondary N) is 2. The summed E-state index contributed by atoms with van der Waals surface area (Å²) in [6.07, 6.45) is 1.81. The molecule has 3 nitrogen and oxygen atoms in total. The maximum Gasteiger partial charge on any atom is 0.253 e. The van der Waals surface area contributed by atoms with Crippen molar-refractivity contribution in [2.45, 2.75) is 46.0 Å². The highest BCUT2D eigenvalue weighted by Gasteiger charge is 2.20. The molecule has 0 radical (unpaired) electrons. The van der Waals surface area contributed by atoms with Crippen molar-refractivity contribution >= 4 is 16.8 Å². The average molecular weight is 272 g/mol. The maximum atomic E-state index is 12.0. The Hall–Kier alpha value is -1.77. The van der Waals surface area contributed by atoms with Gasteiger partial charge in [-0.15, -0.1) is 0 Å². The van der Waals surface area contributed by atoms with Crippen molar-refractivity contribution in [3.8, 4) is 0 Å². The zero-order valence-electron chi connectivity index (χ0n) is 13.2. The van der Waals surface area contributed by atoms with E-state index in [9.17, 15) is 4.79 Å². The van der Waals surface area contributed by atoms with Gasteiger partial charge in [0.25, 0.3) is 5.91 Å². The van der Waals surface area contributed by atoms with Gasteiger partial charge in [0, 0.05) is 24.1 Å². The number of carbonyl (C=O) groups is 1. The van der Waals surface area contributed by atoms with Crippen LogP contribution in [0.4, 0.5) is 0 Å². The van der Waals surface area contributed by atoms with E-state index in [1.165, 1.54) is 11.1 Å². The van der Waals surface area contributed by atoms with Crippen LogP contribution in [-0.2, 0) is 5.41 Å². The first kappa shape index (κ1) is 14.6. The minimum atomic E-state index is -0.0444. The van der Waals surface area contributed by atoms with Crippen molar-refractivity contribution in [1.82, 2.24) is 10.3 Å². The predicted octanol–water partition coefficient (Wildman–Crippen LogP) is 3.95. The summed E-state index contributed by atoms with van der Waals surface area (Å²) in [7, 11) is 1.66. The van der Waals surface area contributed by atoms with Gasteiger partial charge in [-0.2, -0.15) is 0 Å². The van der Waals surface area contributed by atoms with Gasteiger partial charge >= 0.3 is 0 Å². The van der Waals surface area contributed by atoms with Gasteiger partial charge in [0.1, 0.15) is 0 Å². The second-order valence-corrected chi connectivity index (χ2v) is 6.67. The molecule has 2 aromatic rings. The highest BCUT2D eigenvalue weighted by atomic mass is 16.1. The average Bonchev–Trinajstić information content (AvgIpc) is 2.79. The van der Waals surface area contributed by atoms with Crippen LogP contribution >= 0.6 is 0 Å². The first-order chi connectivity index (χ1) is 9.25. The van der Waals surface area contributed by atoms with Crippen LogP contribution in [0.1, 0.15) is 62.0 Å². The number of H-pyrrole nitrogens is 1. The molecule has 0 fully saturated rings. The monoisotopic (exact) mass is 272 g/mol. The van der Waals surface area contributed by atoms with E-state index in [-0.39, 0.29) is 11.3 Å². The number of aromatic nitrogens is 1. The molecular formula is C17H24N2O. The van der Waals surface area contributed by atoms with E-state index in [4.69, 9.17) is 0 Å². The smallest absolute Gasteiger partial charge is 0.253 e. The molecule has 0 aliphatic carbocycles. The van der Waals surface area contributed by atoms with Gasteiger partial charge in [-0.25, -0.2) is 0 Å². The van der Waals surface area contributed by atoms with Crippen molar-refractivity contribution in [2.75, 3.05) is 7.05 Å². The number of rotatable bonds is 2. The van der Waals surface area contributed by atoms with Crippen LogP contribution in [0.5, 0.6) is 0 Å². The van der Waals surface area contributed by atoms with Gasteiger partial charge in [-0.1, -0.05) is 40.7 Å². The summed E-state index contributed by atoms with van der Waals surface area (Å²) in [5, 5.41) is 3.72. The molecule has 0 aliphatic rings. The first-order valence-electron chi connectivity index (χ1n) is 7.13. The number of benzene rings is 1. The van der Waals surface area contributed by atoms with Gasteiger partial charge < -0.3 is 10.3 Å². The maximum absolute atomic E-state index is 12.0. The van der Waals surface area contributed by atoms with Crippen LogP contribution in [-0.4, -0.2) is 17.9 Å². The summed E-state index contributed by atoms with van der Waals surface area (Å²) in [6.45, 7) is 11.0. The zero-order chi connectivity index (χ0) is 15.1. The van der Waals surface area contributed by atoms with Crippen LogP contribution in [0.3, 0.4) is 0 Å². The third-order valence-corrected chi connectivity index (χ3v) is 3.78. The molecule has 0 unspecified atom stereocenters. The molecule has 0 saturated carbocycles. The third-order valence-electron chi connectivity index (χ3n) is 3.78. The molecule has 20 heavy (non-hydrogen) atoms. The fraction of sp³-hybridized carbons (Fsp3) is 0.471. The van der Waals surface area contributed by atoms with E-state index in [2.05, 4.69) is 57.1 Å². The Morgan fingerprint density at radius 3 is 2.40 bits per heavy atom. The summed E-state index contributed by atoms with van der Waals surface area (Å²) in [5.41, 5.74) is 4.39. The Balaban J connectivity index is 2.79. The molecule has 1 aromatic heterocycles. The van der Waals surface area contributed by atoms with E-state index in [0.29, 0.717) is 5.92 Å². The molecule has 0 bridgehead atoms. The Morgan fingerprint density at radius 2 is 1.90 bits per heavy atom. The minimum absolute atomic E-state index is 0.0444. The van der Waals surface area contributed by atoms with Gasteiger partial charge in [-0.05, 0) is 28.5 Å². The SMILES string of the molecule is CNC(=O)c1c[nH]c2c(C(C)C)cc(C(C)(C)C)cc12. The van der Waals surface area contributed by atoms with Crippen LogP contribution in [0.25, 0.3) is 10.9 Å². The number of amides is 1. The number of hydrogen-bond donors (Lipinski definition) is 2. The highest BCUT2D eigenvalue weighted by Crippen LogP contribution is 2.33. The number of carbonyl (C=O) groups excluding carboxylic acids is 1. The summed E-state index contributed by atoms with van der Waals surface area (Å²) >= 11 is 0. The molecule has 3 heteroatoms. The lowest BCUT2D eigenvalue weighted by atomic mass is 9.83. The van der Waals surface area contributed by atoms with Crippen LogP contribution in [0.15, 0.2) is 18.3 Å². The van der Waals surface area contributed by atoms with Crippen molar-refractivity contribution in [3.05, 3.63) is 35.0 Å². The predicted molar refractivity (Wildman–Crippen MR) is 84.5 cm³/mol. The second-order valence-electron chi connectivity index (χ2n) is 6.67. The lowest BCUT2D eigenvalue weighted by Crippen LogP contribution is -2.17. The van der Waals surface area contributed by atoms with Crippen molar-refractivity contribution in [1.29, 1.82) is 0 Å². The molecule has 1 heterocycles. The van der Waals surface area contributed by atoms with Gasteiger partial charge in [0.2, 0.25) is 0 Å². The molecule has 2 N–H and O–H groups in total. The second kappa shape index (κ2) is 4.97. The van der Waals surface area contributed by atoms with Gasteiger partial charge in [-0.3, -0.25) is 4.79 Å². The van der Waals surface area contributed by atoms with E-state index >= 15 is 0 Å². The number of aromatic amines is 1. The third kappa shape index (κ3) is 2.45. The minimum Gasteiger partial charge on any atom is -0.360 e. The molecule has 1 aromatic carbocycles. The van der Waals surface area contributed by atoms with Crippen LogP contribution < -0.4 is 5.32 Å². The number of fused-ring (bicyclic) bond motifs is 1. The van der Waals surface area contributed by atoms with Gasteiger partial charge in [0.05, 0.1) is 5.56 Å². The zero-order valence-corrected chi connectivity index (χ0v) is 13.2. The molecule has 2 rings (SSSR count). The van der Waals surface area contributed by atoms with Crippen LogP contribution in [0, 0.1) is 0 Å². The lowest BCUT2D eigenvalue weighted by Gasteiger charge is -2.21. The summed E-state index contributed by atoms with van der Waals surface area (Å²) in [5.74, 6) is 0.369. The van der Waals surface area contributed by atoms with E-state index in [1.54, 1.807) is 7.05 Å². The molecule has 0 atom stereocenters. The van der Waals surface area contributed by atoms with Crippen molar-refractivity contribution in [2.24, 2.45) is 0 Å². The van der Waals surface area contributed by atoms with E-state index in [0.717, 1.165) is 16.5 Å². The standard InChI is InChI=1S/C17H24N2O/c1-10(2)12-7-11(17(3,4)5)8-13-14(16(20)18-6)9-19-15(12)13/h7-10,19H,1-6H3,(H,18,20). The fourth-order valence-corrected chi connectivity index (χ4v) is 2.47. The Morgan fingerprint density at radius 1 is 1.25 bits per heavy atom. The quantitative estimate of drug-likeness (QED) is 0.854.